The minimum Gasteiger partial charge on any atom is -0.384 e. The van der Waals surface area contributed by atoms with Crippen LogP contribution in [-0.4, -0.2) is 57.4 Å². The summed E-state index contributed by atoms with van der Waals surface area (Å²) in [7, 11) is 1.75. The van der Waals surface area contributed by atoms with E-state index in [0.717, 1.165) is 58.3 Å². The van der Waals surface area contributed by atoms with Crippen molar-refractivity contribution in [2.24, 2.45) is 16.8 Å². The second-order valence-corrected chi connectivity index (χ2v) is 4.81. The second-order valence-electron chi connectivity index (χ2n) is 4.81. The molecular formula is C13H28N4O2. The Morgan fingerprint density at radius 1 is 1.53 bits per heavy atom. The van der Waals surface area contributed by atoms with Gasteiger partial charge in [-0.05, 0) is 32.1 Å². The van der Waals surface area contributed by atoms with Gasteiger partial charge in [0.15, 0.2) is 0 Å². The number of nitrogens with one attached hydrogen (secondary N) is 1. The van der Waals surface area contributed by atoms with Crippen LogP contribution in [0.25, 0.3) is 0 Å². The molecule has 112 valence electrons. The Kier molecular flexibility index (Phi) is 8.53. The van der Waals surface area contributed by atoms with E-state index >= 15 is 0 Å². The molecule has 0 aromatic carbocycles. The van der Waals surface area contributed by atoms with Crippen LogP contribution in [0.3, 0.4) is 0 Å². The van der Waals surface area contributed by atoms with Gasteiger partial charge in [-0.15, -0.1) is 0 Å². The summed E-state index contributed by atoms with van der Waals surface area (Å²) in [5.41, 5.74) is 2.72. The average Bonchev–Trinajstić information content (AvgIpc) is 2.43. The highest BCUT2D eigenvalue weighted by atomic mass is 16.5. The third-order valence-electron chi connectivity index (χ3n) is 3.26. The molecule has 0 spiro atoms. The van der Waals surface area contributed by atoms with Gasteiger partial charge >= 0.3 is 0 Å². The molecule has 0 amide bonds. The molecule has 0 aromatic rings. The van der Waals surface area contributed by atoms with Gasteiger partial charge in [0, 0.05) is 40.0 Å². The smallest absolute Gasteiger partial charge is 0.208 e. The van der Waals surface area contributed by atoms with E-state index in [1.807, 2.05) is 6.92 Å². The zero-order valence-electron chi connectivity index (χ0n) is 12.2. The van der Waals surface area contributed by atoms with Crippen molar-refractivity contribution in [3.8, 4) is 0 Å². The third-order valence-corrected chi connectivity index (χ3v) is 3.26. The highest BCUT2D eigenvalue weighted by Gasteiger charge is 2.21. The lowest BCUT2D eigenvalue weighted by atomic mass is 9.99. The van der Waals surface area contributed by atoms with E-state index in [2.05, 4.69) is 15.3 Å². The van der Waals surface area contributed by atoms with Crippen LogP contribution >= 0.6 is 0 Å². The van der Waals surface area contributed by atoms with Crippen molar-refractivity contribution >= 4 is 5.96 Å². The summed E-state index contributed by atoms with van der Waals surface area (Å²) < 4.78 is 10.5. The molecule has 1 unspecified atom stereocenters. The van der Waals surface area contributed by atoms with Gasteiger partial charge in [-0.3, -0.25) is 10.4 Å². The molecule has 1 fully saturated rings. The van der Waals surface area contributed by atoms with E-state index in [9.17, 15) is 0 Å². The molecule has 1 heterocycles. The van der Waals surface area contributed by atoms with Crippen molar-refractivity contribution < 1.29 is 9.47 Å². The number of hydrogen-bond acceptors (Lipinski definition) is 4. The Bertz CT molecular complexity index is 259. The van der Waals surface area contributed by atoms with Gasteiger partial charge in [0.2, 0.25) is 5.96 Å². The van der Waals surface area contributed by atoms with Crippen LogP contribution in [0.5, 0.6) is 0 Å². The molecule has 0 bridgehead atoms. The average molecular weight is 272 g/mol. The Hall–Kier alpha value is -0.850. The molecule has 0 aliphatic carbocycles. The number of guanidine groups is 1. The van der Waals surface area contributed by atoms with Crippen LogP contribution in [0.2, 0.25) is 0 Å². The lowest BCUT2D eigenvalue weighted by molar-refractivity contribution is 0.114. The number of nitrogens with two attached hydrogens (primary N) is 1. The summed E-state index contributed by atoms with van der Waals surface area (Å²) in [5, 5.41) is 0. The third kappa shape index (κ3) is 6.22. The predicted molar refractivity (Wildman–Crippen MR) is 76.9 cm³/mol. The predicted octanol–water partition coefficient (Wildman–Crippen LogP) is 0.591. The van der Waals surface area contributed by atoms with Gasteiger partial charge in [-0.1, -0.05) is 0 Å². The lowest BCUT2D eigenvalue weighted by Crippen LogP contribution is -2.49. The van der Waals surface area contributed by atoms with E-state index in [4.69, 9.17) is 15.3 Å². The molecule has 1 saturated heterocycles. The largest absolute Gasteiger partial charge is 0.384 e. The maximum absolute atomic E-state index is 5.58. The van der Waals surface area contributed by atoms with Crippen molar-refractivity contribution in [3.63, 3.8) is 0 Å². The first-order valence-corrected chi connectivity index (χ1v) is 7.14. The molecule has 1 aliphatic heterocycles. The number of nitrogens with zero attached hydrogens (tertiary/aromatic N) is 2. The van der Waals surface area contributed by atoms with Crippen molar-refractivity contribution in [1.82, 2.24) is 10.3 Å². The Morgan fingerprint density at radius 3 is 3.05 bits per heavy atom. The van der Waals surface area contributed by atoms with Gasteiger partial charge < -0.3 is 14.4 Å². The molecule has 3 N–H and O–H groups in total. The van der Waals surface area contributed by atoms with Gasteiger partial charge in [0.25, 0.3) is 0 Å². The fourth-order valence-corrected chi connectivity index (χ4v) is 2.36. The fourth-order valence-electron chi connectivity index (χ4n) is 2.36. The van der Waals surface area contributed by atoms with E-state index in [1.54, 1.807) is 7.11 Å². The number of aliphatic imine (C=N–C) groups is 1. The number of rotatable bonds is 7. The summed E-state index contributed by atoms with van der Waals surface area (Å²) in [6.45, 7) is 7.03. The number of likely N-dealkylation sites (tertiary alicyclic amines) is 1. The van der Waals surface area contributed by atoms with Crippen LogP contribution in [-0.2, 0) is 9.47 Å². The SMILES string of the molecule is CCOCCCN=C(NN)N1CCCC(COC)C1. The molecule has 6 nitrogen and oxygen atoms in total. The van der Waals surface area contributed by atoms with Crippen molar-refractivity contribution in [2.45, 2.75) is 26.2 Å². The summed E-state index contributed by atoms with van der Waals surface area (Å²) in [4.78, 5) is 6.73. The highest BCUT2D eigenvalue weighted by Crippen LogP contribution is 2.16. The quantitative estimate of drug-likeness (QED) is 0.233. The maximum Gasteiger partial charge on any atom is 0.208 e. The summed E-state index contributed by atoms with van der Waals surface area (Å²) in [6.07, 6.45) is 3.30. The standard InChI is InChI=1S/C13H28N4O2/c1-3-19-9-5-7-15-13(16-14)17-8-4-6-12(10-17)11-18-2/h12H,3-11,14H2,1-2H3,(H,15,16). The van der Waals surface area contributed by atoms with E-state index in [1.165, 1.54) is 6.42 Å². The number of piperidine rings is 1. The summed E-state index contributed by atoms with van der Waals surface area (Å²) in [6, 6.07) is 0. The van der Waals surface area contributed by atoms with E-state index in [0.29, 0.717) is 5.92 Å². The summed E-state index contributed by atoms with van der Waals surface area (Å²) in [5.74, 6) is 6.94. The monoisotopic (exact) mass is 272 g/mol. The minimum atomic E-state index is 0.570. The molecule has 1 aliphatic rings. The van der Waals surface area contributed by atoms with Crippen molar-refractivity contribution in [3.05, 3.63) is 0 Å². The first-order chi connectivity index (χ1) is 9.31. The maximum atomic E-state index is 5.58. The Morgan fingerprint density at radius 2 is 2.37 bits per heavy atom. The number of ether oxygens (including phenoxy) is 2. The van der Waals surface area contributed by atoms with Crippen molar-refractivity contribution in [1.29, 1.82) is 0 Å². The van der Waals surface area contributed by atoms with E-state index in [-0.39, 0.29) is 0 Å². The normalized spacial score (nSPS) is 20.7. The van der Waals surface area contributed by atoms with Gasteiger partial charge in [0.1, 0.15) is 0 Å². The Labute approximate surface area is 116 Å². The van der Waals surface area contributed by atoms with Crippen molar-refractivity contribution in [2.75, 3.05) is 46.6 Å². The highest BCUT2D eigenvalue weighted by molar-refractivity contribution is 5.79. The van der Waals surface area contributed by atoms with Gasteiger partial charge in [-0.2, -0.15) is 0 Å². The number of hydrogen-bond donors (Lipinski definition) is 2. The van der Waals surface area contributed by atoms with Crippen LogP contribution in [0.4, 0.5) is 0 Å². The second kappa shape index (κ2) is 10.00. The fraction of sp³-hybridized carbons (Fsp3) is 0.923. The topological polar surface area (TPSA) is 72.1 Å². The van der Waals surface area contributed by atoms with Crippen LogP contribution < -0.4 is 11.3 Å². The van der Waals surface area contributed by atoms with Gasteiger partial charge in [0.05, 0.1) is 6.61 Å². The summed E-state index contributed by atoms with van der Waals surface area (Å²) >= 11 is 0. The number of methoxy groups -OCH3 is 1. The minimum absolute atomic E-state index is 0.570. The zero-order chi connectivity index (χ0) is 13.9. The zero-order valence-corrected chi connectivity index (χ0v) is 12.2. The lowest BCUT2D eigenvalue weighted by Gasteiger charge is -2.34. The number of hydrazine groups is 1. The molecule has 0 saturated carbocycles. The Balaban J connectivity index is 2.37. The molecule has 19 heavy (non-hydrogen) atoms. The first-order valence-electron chi connectivity index (χ1n) is 7.14. The van der Waals surface area contributed by atoms with E-state index < -0.39 is 0 Å². The molecular weight excluding hydrogens is 244 g/mol. The first kappa shape index (κ1) is 16.2. The molecule has 6 heteroatoms. The molecule has 0 aromatic heterocycles. The molecule has 0 radical (unpaired) electrons. The van der Waals surface area contributed by atoms with Crippen LogP contribution in [0.1, 0.15) is 26.2 Å². The van der Waals surface area contributed by atoms with Crippen LogP contribution in [0.15, 0.2) is 4.99 Å². The molecule has 1 rings (SSSR count). The van der Waals surface area contributed by atoms with Crippen LogP contribution in [0, 0.1) is 5.92 Å². The molecule has 1 atom stereocenters. The van der Waals surface area contributed by atoms with Gasteiger partial charge in [-0.25, -0.2) is 5.84 Å².